The molecule has 2 aliphatic rings. The Morgan fingerprint density at radius 2 is 2.05 bits per heavy atom. The molecule has 2 atom stereocenters. The zero-order chi connectivity index (χ0) is 14.1. The molecule has 0 spiro atoms. The number of non-ortho nitro benzene ring substituents is 1. The molecule has 2 N–H and O–H groups in total. The van der Waals surface area contributed by atoms with Crippen LogP contribution >= 0.6 is 0 Å². The highest BCUT2D eigenvalue weighted by Gasteiger charge is 2.37. The first-order valence-corrected chi connectivity index (χ1v) is 7.15. The summed E-state index contributed by atoms with van der Waals surface area (Å²) in [6, 6.07) is 6.11. The van der Waals surface area contributed by atoms with Gasteiger partial charge in [0.25, 0.3) is 5.69 Å². The van der Waals surface area contributed by atoms with Crippen LogP contribution in [0.5, 0.6) is 0 Å². The van der Waals surface area contributed by atoms with E-state index in [0.29, 0.717) is 12.1 Å². The summed E-state index contributed by atoms with van der Waals surface area (Å²) >= 11 is 0. The molecule has 2 saturated heterocycles. The van der Waals surface area contributed by atoms with Gasteiger partial charge in [0.15, 0.2) is 0 Å². The largest absolute Gasteiger partial charge is 0.388 e. The van der Waals surface area contributed by atoms with Crippen LogP contribution in [0, 0.1) is 10.1 Å². The van der Waals surface area contributed by atoms with E-state index in [4.69, 9.17) is 0 Å². The zero-order valence-electron chi connectivity index (χ0n) is 11.6. The van der Waals surface area contributed by atoms with Crippen molar-refractivity contribution >= 4 is 17.1 Å². The second-order valence-electron chi connectivity index (χ2n) is 5.56. The molecular weight excluding hydrogens is 256 g/mol. The number of fused-ring (bicyclic) bond motifs is 1. The van der Waals surface area contributed by atoms with Gasteiger partial charge in [-0.15, -0.1) is 0 Å². The molecule has 2 fully saturated rings. The van der Waals surface area contributed by atoms with Crippen LogP contribution in [-0.2, 0) is 0 Å². The molecule has 0 amide bonds. The molecule has 20 heavy (non-hydrogen) atoms. The number of anilines is 2. The van der Waals surface area contributed by atoms with Gasteiger partial charge in [-0.2, -0.15) is 0 Å². The molecule has 0 saturated carbocycles. The van der Waals surface area contributed by atoms with Crippen LogP contribution in [0.15, 0.2) is 18.2 Å². The fraction of sp³-hybridized carbons (Fsp3) is 0.571. The third-order valence-electron chi connectivity index (χ3n) is 4.38. The van der Waals surface area contributed by atoms with Gasteiger partial charge in [0.1, 0.15) is 0 Å². The number of nitrogens with one attached hydrogen (secondary N) is 2. The Balaban J connectivity index is 1.79. The minimum absolute atomic E-state index is 0.126. The summed E-state index contributed by atoms with van der Waals surface area (Å²) in [5.74, 6) is 0. The number of rotatable bonds is 4. The highest BCUT2D eigenvalue weighted by molar-refractivity contribution is 5.63. The average Bonchev–Trinajstić information content (AvgIpc) is 3.03. The molecule has 3 rings (SSSR count). The summed E-state index contributed by atoms with van der Waals surface area (Å²) in [5, 5.41) is 17.5. The fourth-order valence-electron chi connectivity index (χ4n) is 3.41. The molecule has 2 unspecified atom stereocenters. The Labute approximate surface area is 118 Å². The van der Waals surface area contributed by atoms with Crippen molar-refractivity contribution in [2.24, 2.45) is 0 Å². The average molecular weight is 276 g/mol. The third-order valence-corrected chi connectivity index (χ3v) is 4.38. The van der Waals surface area contributed by atoms with Gasteiger partial charge in [-0.1, -0.05) is 0 Å². The lowest BCUT2D eigenvalue weighted by Crippen LogP contribution is -2.33. The Morgan fingerprint density at radius 3 is 2.80 bits per heavy atom. The molecule has 6 heteroatoms. The molecule has 1 aromatic rings. The number of nitro benzene ring substituents is 1. The van der Waals surface area contributed by atoms with Crippen LogP contribution < -0.4 is 10.6 Å². The predicted octanol–water partition coefficient (Wildman–Crippen LogP) is 2.29. The van der Waals surface area contributed by atoms with E-state index >= 15 is 0 Å². The first-order valence-electron chi connectivity index (χ1n) is 7.15. The molecule has 6 nitrogen and oxygen atoms in total. The summed E-state index contributed by atoms with van der Waals surface area (Å²) in [6.07, 6.45) is 3.60. The van der Waals surface area contributed by atoms with Crippen LogP contribution in [0.25, 0.3) is 0 Å². The minimum Gasteiger partial charge on any atom is -0.388 e. The first kappa shape index (κ1) is 13.2. The summed E-state index contributed by atoms with van der Waals surface area (Å²) < 4.78 is 0. The standard InChI is InChI=1S/C14H20N4O2/c1-15-10-7-11(9-12(8-10)18(19)20)16-13-4-6-17-5-2-3-14(13)17/h7-9,13-16H,2-6H2,1H3. The van der Waals surface area contributed by atoms with E-state index in [1.807, 2.05) is 6.07 Å². The van der Waals surface area contributed by atoms with Gasteiger partial charge < -0.3 is 10.6 Å². The molecule has 1 aromatic carbocycles. The van der Waals surface area contributed by atoms with Crippen molar-refractivity contribution in [3.05, 3.63) is 28.3 Å². The van der Waals surface area contributed by atoms with Crippen LogP contribution in [0.1, 0.15) is 19.3 Å². The molecule has 0 aliphatic carbocycles. The Bertz CT molecular complexity index is 520. The Kier molecular flexibility index (Phi) is 3.48. The van der Waals surface area contributed by atoms with E-state index < -0.39 is 0 Å². The van der Waals surface area contributed by atoms with Gasteiger partial charge in [-0.25, -0.2) is 0 Å². The smallest absolute Gasteiger partial charge is 0.273 e. The lowest BCUT2D eigenvalue weighted by Gasteiger charge is -2.22. The maximum Gasteiger partial charge on any atom is 0.273 e. The van der Waals surface area contributed by atoms with E-state index in [2.05, 4.69) is 15.5 Å². The maximum atomic E-state index is 11.0. The van der Waals surface area contributed by atoms with Crippen molar-refractivity contribution in [3.8, 4) is 0 Å². The highest BCUT2D eigenvalue weighted by atomic mass is 16.6. The molecule has 0 aromatic heterocycles. The second kappa shape index (κ2) is 5.28. The lowest BCUT2D eigenvalue weighted by molar-refractivity contribution is -0.384. The van der Waals surface area contributed by atoms with Crippen LogP contribution in [0.4, 0.5) is 17.1 Å². The Morgan fingerprint density at radius 1 is 1.25 bits per heavy atom. The molecule has 2 heterocycles. The predicted molar refractivity (Wildman–Crippen MR) is 79.3 cm³/mol. The SMILES string of the molecule is CNc1cc(NC2CCN3CCCC23)cc([N+](=O)[O-])c1. The maximum absolute atomic E-state index is 11.0. The molecule has 2 aliphatic heterocycles. The van der Waals surface area contributed by atoms with E-state index in [1.165, 1.54) is 19.4 Å². The number of nitrogens with zero attached hydrogens (tertiary/aromatic N) is 2. The zero-order valence-corrected chi connectivity index (χ0v) is 11.6. The number of hydrogen-bond donors (Lipinski definition) is 2. The third kappa shape index (κ3) is 2.43. The van der Waals surface area contributed by atoms with Gasteiger partial charge >= 0.3 is 0 Å². The topological polar surface area (TPSA) is 70.4 Å². The van der Waals surface area contributed by atoms with Gasteiger partial charge in [0.2, 0.25) is 0 Å². The van der Waals surface area contributed by atoms with Crippen molar-refractivity contribution < 1.29 is 4.92 Å². The monoisotopic (exact) mass is 276 g/mol. The van der Waals surface area contributed by atoms with Gasteiger partial charge in [0, 0.05) is 49.2 Å². The molecule has 0 bridgehead atoms. The van der Waals surface area contributed by atoms with Gasteiger partial charge in [-0.05, 0) is 31.9 Å². The van der Waals surface area contributed by atoms with E-state index in [1.54, 1.807) is 19.2 Å². The highest BCUT2D eigenvalue weighted by Crippen LogP contribution is 2.32. The summed E-state index contributed by atoms with van der Waals surface area (Å²) in [6.45, 7) is 2.33. The van der Waals surface area contributed by atoms with Crippen molar-refractivity contribution in [2.45, 2.75) is 31.3 Å². The van der Waals surface area contributed by atoms with Crippen molar-refractivity contribution in [3.63, 3.8) is 0 Å². The number of benzene rings is 1. The van der Waals surface area contributed by atoms with E-state index in [-0.39, 0.29) is 10.6 Å². The van der Waals surface area contributed by atoms with Crippen molar-refractivity contribution in [1.82, 2.24) is 4.90 Å². The van der Waals surface area contributed by atoms with Crippen molar-refractivity contribution in [2.75, 3.05) is 30.8 Å². The molecule has 0 radical (unpaired) electrons. The quantitative estimate of drug-likeness (QED) is 0.652. The minimum atomic E-state index is -0.345. The van der Waals surface area contributed by atoms with E-state index in [0.717, 1.165) is 24.3 Å². The van der Waals surface area contributed by atoms with Gasteiger partial charge in [-0.3, -0.25) is 15.0 Å². The first-order chi connectivity index (χ1) is 9.67. The van der Waals surface area contributed by atoms with Crippen LogP contribution in [-0.4, -0.2) is 42.0 Å². The van der Waals surface area contributed by atoms with Crippen molar-refractivity contribution in [1.29, 1.82) is 0 Å². The summed E-state index contributed by atoms with van der Waals surface area (Å²) in [4.78, 5) is 13.2. The van der Waals surface area contributed by atoms with Gasteiger partial charge in [0.05, 0.1) is 4.92 Å². The normalized spacial score (nSPS) is 25.4. The lowest BCUT2D eigenvalue weighted by atomic mass is 10.1. The van der Waals surface area contributed by atoms with E-state index in [9.17, 15) is 10.1 Å². The van der Waals surface area contributed by atoms with Crippen LogP contribution in [0.3, 0.4) is 0 Å². The summed E-state index contributed by atoms with van der Waals surface area (Å²) in [5.41, 5.74) is 1.73. The second-order valence-corrected chi connectivity index (χ2v) is 5.56. The number of hydrogen-bond acceptors (Lipinski definition) is 5. The molecule has 108 valence electrons. The van der Waals surface area contributed by atoms with Crippen LogP contribution in [0.2, 0.25) is 0 Å². The molecular formula is C14H20N4O2. The number of nitro groups is 1. The fourth-order valence-corrected chi connectivity index (χ4v) is 3.41. The Hall–Kier alpha value is -1.82. The summed E-state index contributed by atoms with van der Waals surface area (Å²) in [7, 11) is 1.77.